The maximum absolute atomic E-state index is 12.9. The lowest BCUT2D eigenvalue weighted by Gasteiger charge is -2.28. The predicted octanol–water partition coefficient (Wildman–Crippen LogP) is 5.75. The molecular formula is C22H38FNO. The molecule has 0 amide bonds. The topological polar surface area (TPSA) is 21.3 Å². The van der Waals surface area contributed by atoms with Gasteiger partial charge in [-0.2, -0.15) is 0 Å². The fourth-order valence-electron chi connectivity index (χ4n) is 2.89. The van der Waals surface area contributed by atoms with Crippen LogP contribution in [0.15, 0.2) is 24.3 Å². The summed E-state index contributed by atoms with van der Waals surface area (Å²) in [6.07, 6.45) is 5.55. The third-order valence-electron chi connectivity index (χ3n) is 4.69. The minimum atomic E-state index is -0.184. The van der Waals surface area contributed by atoms with Gasteiger partial charge in [0.15, 0.2) is 0 Å². The van der Waals surface area contributed by atoms with Gasteiger partial charge in [-0.1, -0.05) is 31.9 Å². The zero-order valence-electron chi connectivity index (χ0n) is 17.1. The number of ether oxygens (including phenoxy) is 1. The summed E-state index contributed by atoms with van der Waals surface area (Å²) < 4.78 is 19.0. The van der Waals surface area contributed by atoms with Crippen LogP contribution in [-0.2, 0) is 11.2 Å². The third-order valence-corrected chi connectivity index (χ3v) is 4.69. The molecular weight excluding hydrogens is 313 g/mol. The number of halogens is 1. The Bertz CT molecular complexity index is 476. The first-order chi connectivity index (χ1) is 11.6. The van der Waals surface area contributed by atoms with Crippen LogP contribution in [0, 0.1) is 11.7 Å². The van der Waals surface area contributed by atoms with Crippen LogP contribution in [0.1, 0.15) is 72.8 Å². The molecule has 0 bridgehead atoms. The van der Waals surface area contributed by atoms with E-state index >= 15 is 0 Å². The maximum Gasteiger partial charge on any atom is 0.123 e. The second kappa shape index (κ2) is 10.3. The highest BCUT2D eigenvalue weighted by atomic mass is 19.1. The van der Waals surface area contributed by atoms with E-state index in [0.717, 1.165) is 30.9 Å². The summed E-state index contributed by atoms with van der Waals surface area (Å²) in [6, 6.07) is 6.69. The van der Waals surface area contributed by atoms with E-state index in [-0.39, 0.29) is 17.0 Å². The van der Waals surface area contributed by atoms with Gasteiger partial charge in [0.05, 0.1) is 12.2 Å². The van der Waals surface area contributed by atoms with E-state index in [2.05, 4.69) is 46.9 Å². The van der Waals surface area contributed by atoms with E-state index in [4.69, 9.17) is 4.74 Å². The predicted molar refractivity (Wildman–Crippen MR) is 106 cm³/mol. The first-order valence-corrected chi connectivity index (χ1v) is 9.75. The van der Waals surface area contributed by atoms with E-state index in [1.165, 1.54) is 31.4 Å². The van der Waals surface area contributed by atoms with Crippen molar-refractivity contribution in [3.05, 3.63) is 35.6 Å². The lowest BCUT2D eigenvalue weighted by Crippen LogP contribution is -2.39. The van der Waals surface area contributed by atoms with Gasteiger partial charge in [0.25, 0.3) is 0 Å². The van der Waals surface area contributed by atoms with Crippen LogP contribution in [0.2, 0.25) is 0 Å². The summed E-state index contributed by atoms with van der Waals surface area (Å²) in [5, 5.41) is 3.62. The largest absolute Gasteiger partial charge is 0.375 e. The van der Waals surface area contributed by atoms with E-state index < -0.39 is 0 Å². The second-order valence-corrected chi connectivity index (χ2v) is 8.78. The highest BCUT2D eigenvalue weighted by Gasteiger charge is 2.19. The molecule has 0 radical (unpaired) electrons. The number of nitrogens with one attached hydrogen (secondary N) is 1. The molecule has 2 nitrogen and oxygen atoms in total. The highest BCUT2D eigenvalue weighted by Crippen LogP contribution is 2.22. The molecule has 0 aliphatic rings. The Morgan fingerprint density at radius 1 is 1.08 bits per heavy atom. The summed E-state index contributed by atoms with van der Waals surface area (Å²) in [5.74, 6) is 0.547. The van der Waals surface area contributed by atoms with Crippen molar-refractivity contribution in [3.8, 4) is 0 Å². The monoisotopic (exact) mass is 351 g/mol. The Kier molecular flexibility index (Phi) is 9.09. The molecule has 0 fully saturated rings. The molecule has 0 saturated carbocycles. The van der Waals surface area contributed by atoms with E-state index in [1.54, 1.807) is 0 Å². The molecule has 0 aromatic heterocycles. The molecule has 1 N–H and O–H groups in total. The van der Waals surface area contributed by atoms with E-state index in [9.17, 15) is 4.39 Å². The second-order valence-electron chi connectivity index (χ2n) is 8.78. The third kappa shape index (κ3) is 10.6. The van der Waals surface area contributed by atoms with Crippen molar-refractivity contribution < 1.29 is 9.13 Å². The van der Waals surface area contributed by atoms with Crippen LogP contribution in [0.3, 0.4) is 0 Å². The zero-order chi connectivity index (χ0) is 18.9. The normalized spacial score (nSPS) is 13.9. The SMILES string of the molecule is CCC(CCCC(C)(C)OCCc1ccc(F)cc1)CNC(C)(C)C. The molecule has 1 atom stereocenters. The lowest BCUT2D eigenvalue weighted by molar-refractivity contribution is -0.0240. The zero-order valence-corrected chi connectivity index (χ0v) is 17.1. The van der Waals surface area contributed by atoms with Crippen molar-refractivity contribution in [1.29, 1.82) is 0 Å². The molecule has 1 aromatic rings. The Morgan fingerprint density at radius 3 is 2.28 bits per heavy atom. The van der Waals surface area contributed by atoms with Gasteiger partial charge in [-0.25, -0.2) is 4.39 Å². The molecule has 3 heteroatoms. The van der Waals surface area contributed by atoms with Gasteiger partial charge in [-0.3, -0.25) is 0 Å². The van der Waals surface area contributed by atoms with Gasteiger partial charge in [0, 0.05) is 5.54 Å². The van der Waals surface area contributed by atoms with Crippen molar-refractivity contribution >= 4 is 0 Å². The summed E-state index contributed by atoms with van der Waals surface area (Å²) in [5.41, 5.74) is 1.21. The van der Waals surface area contributed by atoms with Crippen molar-refractivity contribution in [2.24, 2.45) is 5.92 Å². The molecule has 1 rings (SSSR count). The van der Waals surface area contributed by atoms with Crippen LogP contribution in [0.4, 0.5) is 4.39 Å². The minimum absolute atomic E-state index is 0.101. The molecule has 0 spiro atoms. The van der Waals surface area contributed by atoms with Gasteiger partial charge in [0.1, 0.15) is 5.82 Å². The Morgan fingerprint density at radius 2 is 1.72 bits per heavy atom. The Labute approximate surface area is 154 Å². The summed E-state index contributed by atoms with van der Waals surface area (Å²) >= 11 is 0. The maximum atomic E-state index is 12.9. The first-order valence-electron chi connectivity index (χ1n) is 9.75. The van der Waals surface area contributed by atoms with Crippen molar-refractivity contribution in [2.75, 3.05) is 13.2 Å². The van der Waals surface area contributed by atoms with Crippen LogP contribution in [-0.4, -0.2) is 24.3 Å². The Hall–Kier alpha value is -0.930. The van der Waals surface area contributed by atoms with Crippen molar-refractivity contribution in [1.82, 2.24) is 5.32 Å². The molecule has 144 valence electrons. The van der Waals surface area contributed by atoms with Crippen molar-refractivity contribution in [2.45, 2.75) is 84.8 Å². The fourth-order valence-corrected chi connectivity index (χ4v) is 2.89. The fraction of sp³-hybridized carbons (Fsp3) is 0.727. The van der Waals surface area contributed by atoms with Crippen LogP contribution < -0.4 is 5.32 Å². The number of hydrogen-bond donors (Lipinski definition) is 1. The van der Waals surface area contributed by atoms with Crippen LogP contribution >= 0.6 is 0 Å². The smallest absolute Gasteiger partial charge is 0.123 e. The van der Waals surface area contributed by atoms with E-state index in [0.29, 0.717) is 6.61 Å². The van der Waals surface area contributed by atoms with Gasteiger partial charge in [-0.15, -0.1) is 0 Å². The summed E-state index contributed by atoms with van der Waals surface area (Å²) in [6.45, 7) is 15.1. The standard InChI is InChI=1S/C22H38FNO/c1-7-18(17-24-21(2,3)4)9-8-15-22(5,6)25-16-14-19-10-12-20(23)13-11-19/h10-13,18,24H,7-9,14-17H2,1-6H3. The molecule has 0 heterocycles. The number of rotatable bonds is 11. The molecule has 0 saturated heterocycles. The molecule has 0 aliphatic carbocycles. The van der Waals surface area contributed by atoms with Gasteiger partial charge >= 0.3 is 0 Å². The Balaban J connectivity index is 2.25. The number of benzene rings is 1. The summed E-state index contributed by atoms with van der Waals surface area (Å²) in [7, 11) is 0. The number of hydrogen-bond acceptors (Lipinski definition) is 2. The minimum Gasteiger partial charge on any atom is -0.375 e. The van der Waals surface area contributed by atoms with Gasteiger partial charge in [-0.05, 0) is 84.0 Å². The van der Waals surface area contributed by atoms with Crippen molar-refractivity contribution in [3.63, 3.8) is 0 Å². The molecule has 1 unspecified atom stereocenters. The van der Waals surface area contributed by atoms with Gasteiger partial charge < -0.3 is 10.1 Å². The molecule has 0 aliphatic heterocycles. The quantitative estimate of drug-likeness (QED) is 0.548. The van der Waals surface area contributed by atoms with Crippen LogP contribution in [0.25, 0.3) is 0 Å². The summed E-state index contributed by atoms with van der Waals surface area (Å²) in [4.78, 5) is 0. The highest BCUT2D eigenvalue weighted by molar-refractivity contribution is 5.16. The average Bonchev–Trinajstić information content (AvgIpc) is 2.51. The van der Waals surface area contributed by atoms with E-state index in [1.807, 2.05) is 12.1 Å². The molecule has 25 heavy (non-hydrogen) atoms. The first kappa shape index (κ1) is 22.1. The lowest BCUT2D eigenvalue weighted by atomic mass is 9.93. The van der Waals surface area contributed by atoms with Crippen LogP contribution in [0.5, 0.6) is 0 Å². The van der Waals surface area contributed by atoms with Gasteiger partial charge in [0.2, 0.25) is 0 Å². The molecule has 1 aromatic carbocycles. The average molecular weight is 352 g/mol.